The summed E-state index contributed by atoms with van der Waals surface area (Å²) >= 11 is 0. The minimum absolute atomic E-state index is 0.0667. The number of carbonyl (C=O) groups is 1. The molecule has 0 spiro atoms. The van der Waals surface area contributed by atoms with Crippen LogP contribution in [0, 0.1) is 12.7 Å². The van der Waals surface area contributed by atoms with E-state index in [-0.39, 0.29) is 11.3 Å². The molecule has 1 aromatic carbocycles. The molecule has 2 rings (SSSR count). The second-order valence-electron chi connectivity index (χ2n) is 4.02. The summed E-state index contributed by atoms with van der Waals surface area (Å²) in [6.45, 7) is 3.41. The fourth-order valence-electron chi connectivity index (χ4n) is 1.76. The first-order chi connectivity index (χ1) is 8.09. The summed E-state index contributed by atoms with van der Waals surface area (Å²) in [4.78, 5) is 13.5. The lowest BCUT2D eigenvalue weighted by Gasteiger charge is -2.27. The quantitative estimate of drug-likeness (QED) is 0.804. The van der Waals surface area contributed by atoms with Gasteiger partial charge < -0.3 is 14.7 Å². The maximum atomic E-state index is 13.6. The van der Waals surface area contributed by atoms with Gasteiger partial charge in [0.25, 0.3) is 5.91 Å². The number of phenolic OH excluding ortho intramolecular Hbond substituents is 1. The molecule has 0 unspecified atom stereocenters. The van der Waals surface area contributed by atoms with Crippen molar-refractivity contribution < 1.29 is 19.0 Å². The molecule has 5 heteroatoms. The largest absolute Gasteiger partial charge is 0.508 e. The highest BCUT2D eigenvalue weighted by molar-refractivity contribution is 5.95. The molecule has 4 nitrogen and oxygen atoms in total. The molecule has 0 aromatic heterocycles. The summed E-state index contributed by atoms with van der Waals surface area (Å²) in [7, 11) is 0. The van der Waals surface area contributed by atoms with Gasteiger partial charge in [-0.25, -0.2) is 4.39 Å². The minimum atomic E-state index is -0.600. The van der Waals surface area contributed by atoms with Gasteiger partial charge in [-0.1, -0.05) is 0 Å². The Kier molecular flexibility index (Phi) is 3.28. The lowest BCUT2D eigenvalue weighted by Crippen LogP contribution is -2.41. The normalized spacial score (nSPS) is 16.0. The summed E-state index contributed by atoms with van der Waals surface area (Å²) in [5, 5.41) is 9.51. The van der Waals surface area contributed by atoms with Gasteiger partial charge in [-0.3, -0.25) is 4.79 Å². The number of morpholine rings is 1. The Bertz CT molecular complexity index is 442. The van der Waals surface area contributed by atoms with E-state index >= 15 is 0 Å². The fourth-order valence-corrected chi connectivity index (χ4v) is 1.76. The van der Waals surface area contributed by atoms with Crippen molar-refractivity contribution in [2.45, 2.75) is 6.92 Å². The molecule has 0 radical (unpaired) electrons. The first-order valence-electron chi connectivity index (χ1n) is 5.45. The van der Waals surface area contributed by atoms with Gasteiger partial charge in [-0.05, 0) is 24.6 Å². The maximum Gasteiger partial charge on any atom is 0.257 e. The topological polar surface area (TPSA) is 49.8 Å². The number of nitrogens with zero attached hydrogens (tertiary/aromatic N) is 1. The molecule has 1 amide bonds. The van der Waals surface area contributed by atoms with Crippen molar-refractivity contribution in [1.82, 2.24) is 4.90 Å². The first kappa shape index (κ1) is 11.9. The van der Waals surface area contributed by atoms with Crippen LogP contribution >= 0.6 is 0 Å². The van der Waals surface area contributed by atoms with Crippen LogP contribution in [0.5, 0.6) is 5.75 Å². The van der Waals surface area contributed by atoms with Crippen molar-refractivity contribution >= 4 is 5.91 Å². The summed E-state index contributed by atoms with van der Waals surface area (Å²) < 4.78 is 18.8. The average Bonchev–Trinajstić information content (AvgIpc) is 2.34. The van der Waals surface area contributed by atoms with Gasteiger partial charge in [-0.2, -0.15) is 0 Å². The van der Waals surface area contributed by atoms with Gasteiger partial charge in [0.2, 0.25) is 0 Å². The minimum Gasteiger partial charge on any atom is -0.508 e. The molecule has 1 aromatic rings. The molecule has 1 fully saturated rings. The number of aryl methyl sites for hydroxylation is 1. The molecule has 92 valence electrons. The van der Waals surface area contributed by atoms with Crippen LogP contribution in [0.2, 0.25) is 0 Å². The maximum absolute atomic E-state index is 13.6. The average molecular weight is 239 g/mol. The van der Waals surface area contributed by atoms with E-state index < -0.39 is 11.7 Å². The highest BCUT2D eigenvalue weighted by Crippen LogP contribution is 2.22. The van der Waals surface area contributed by atoms with Crippen molar-refractivity contribution in [2.75, 3.05) is 26.3 Å². The highest BCUT2D eigenvalue weighted by atomic mass is 19.1. The Morgan fingerprint density at radius 1 is 1.41 bits per heavy atom. The number of amides is 1. The zero-order valence-electron chi connectivity index (χ0n) is 9.57. The van der Waals surface area contributed by atoms with Crippen LogP contribution < -0.4 is 0 Å². The lowest BCUT2D eigenvalue weighted by molar-refractivity contribution is 0.0299. The molecule has 0 atom stereocenters. The van der Waals surface area contributed by atoms with Gasteiger partial charge in [0.15, 0.2) is 0 Å². The predicted octanol–water partition coefficient (Wildman–Crippen LogP) is 1.31. The van der Waals surface area contributed by atoms with E-state index in [4.69, 9.17) is 4.74 Å². The van der Waals surface area contributed by atoms with Gasteiger partial charge >= 0.3 is 0 Å². The number of hydrogen-bond donors (Lipinski definition) is 1. The van der Waals surface area contributed by atoms with Gasteiger partial charge in [0.1, 0.15) is 11.6 Å². The van der Waals surface area contributed by atoms with E-state index in [1.165, 1.54) is 17.0 Å². The van der Waals surface area contributed by atoms with Crippen molar-refractivity contribution in [3.05, 3.63) is 29.1 Å². The third-order valence-corrected chi connectivity index (χ3v) is 2.81. The van der Waals surface area contributed by atoms with Crippen molar-refractivity contribution in [3.8, 4) is 5.75 Å². The van der Waals surface area contributed by atoms with E-state index in [0.29, 0.717) is 31.9 Å². The predicted molar refractivity (Wildman–Crippen MR) is 59.5 cm³/mol. The second-order valence-corrected chi connectivity index (χ2v) is 4.02. The van der Waals surface area contributed by atoms with E-state index in [1.807, 2.05) is 0 Å². The van der Waals surface area contributed by atoms with Gasteiger partial charge in [0.05, 0.1) is 18.8 Å². The first-order valence-corrected chi connectivity index (χ1v) is 5.45. The summed E-state index contributed by atoms with van der Waals surface area (Å²) in [5.41, 5.74) is 0.330. The molecule has 17 heavy (non-hydrogen) atoms. The standard InChI is InChI=1S/C12H14FNO3/c1-8-6-10(13)9(7-11(8)15)12(16)14-2-4-17-5-3-14/h6-7,15H,2-5H2,1H3. The van der Waals surface area contributed by atoms with Crippen LogP contribution in [0.3, 0.4) is 0 Å². The third kappa shape index (κ3) is 2.39. The van der Waals surface area contributed by atoms with Crippen LogP contribution in [0.25, 0.3) is 0 Å². The number of halogens is 1. The summed E-state index contributed by atoms with van der Waals surface area (Å²) in [6, 6.07) is 2.35. The molecule has 1 N–H and O–H groups in total. The number of ether oxygens (including phenoxy) is 1. The molecule has 1 aliphatic rings. The Morgan fingerprint density at radius 2 is 2.06 bits per heavy atom. The number of rotatable bonds is 1. The molecule has 0 saturated carbocycles. The smallest absolute Gasteiger partial charge is 0.257 e. The van der Waals surface area contributed by atoms with Gasteiger partial charge in [-0.15, -0.1) is 0 Å². The van der Waals surface area contributed by atoms with Crippen molar-refractivity contribution in [3.63, 3.8) is 0 Å². The van der Waals surface area contributed by atoms with Crippen LogP contribution in [-0.4, -0.2) is 42.2 Å². The van der Waals surface area contributed by atoms with Crippen LogP contribution in [0.1, 0.15) is 15.9 Å². The van der Waals surface area contributed by atoms with E-state index in [1.54, 1.807) is 6.92 Å². The Morgan fingerprint density at radius 3 is 2.71 bits per heavy atom. The summed E-state index contributed by atoms with van der Waals surface area (Å²) in [6.07, 6.45) is 0. The molecule has 1 heterocycles. The van der Waals surface area contributed by atoms with Crippen LogP contribution in [0.4, 0.5) is 4.39 Å². The molecule has 1 aliphatic heterocycles. The van der Waals surface area contributed by atoms with E-state index in [0.717, 1.165) is 0 Å². The Hall–Kier alpha value is -1.62. The van der Waals surface area contributed by atoms with E-state index in [9.17, 15) is 14.3 Å². The van der Waals surface area contributed by atoms with E-state index in [2.05, 4.69) is 0 Å². The SMILES string of the molecule is Cc1cc(F)c(C(=O)N2CCOCC2)cc1O. The van der Waals surface area contributed by atoms with Crippen LogP contribution in [-0.2, 0) is 4.74 Å². The molecule has 0 bridgehead atoms. The second kappa shape index (κ2) is 4.71. The van der Waals surface area contributed by atoms with Crippen LogP contribution in [0.15, 0.2) is 12.1 Å². The lowest BCUT2D eigenvalue weighted by atomic mass is 10.1. The van der Waals surface area contributed by atoms with Crippen molar-refractivity contribution in [2.24, 2.45) is 0 Å². The number of aromatic hydroxyl groups is 1. The number of benzene rings is 1. The third-order valence-electron chi connectivity index (χ3n) is 2.81. The number of carbonyl (C=O) groups excluding carboxylic acids is 1. The highest BCUT2D eigenvalue weighted by Gasteiger charge is 2.22. The van der Waals surface area contributed by atoms with Crippen molar-refractivity contribution in [1.29, 1.82) is 0 Å². The molecular formula is C12H14FNO3. The Labute approximate surface area is 98.6 Å². The molecular weight excluding hydrogens is 225 g/mol. The fraction of sp³-hybridized carbons (Fsp3) is 0.417. The molecule has 1 saturated heterocycles. The molecule has 0 aliphatic carbocycles. The van der Waals surface area contributed by atoms with Gasteiger partial charge in [0, 0.05) is 13.1 Å². The number of hydrogen-bond acceptors (Lipinski definition) is 3. The summed E-state index contributed by atoms with van der Waals surface area (Å²) in [5.74, 6) is -1.07. The Balaban J connectivity index is 2.26. The number of phenols is 1. The zero-order valence-corrected chi connectivity index (χ0v) is 9.57. The zero-order chi connectivity index (χ0) is 12.4. The monoisotopic (exact) mass is 239 g/mol.